The number of aryl methyl sites for hydroxylation is 1. The number of halogens is 1. The van der Waals surface area contributed by atoms with Crippen LogP contribution in [-0.2, 0) is 4.79 Å². The molecule has 0 aromatic carbocycles. The van der Waals surface area contributed by atoms with Crippen LogP contribution < -0.4 is 5.32 Å². The molecule has 2 heterocycles. The van der Waals surface area contributed by atoms with Gasteiger partial charge in [-0.2, -0.15) is 0 Å². The van der Waals surface area contributed by atoms with Gasteiger partial charge in [0.1, 0.15) is 17.2 Å². The highest BCUT2D eigenvalue weighted by molar-refractivity contribution is 14.1. The molecule has 0 spiro atoms. The minimum absolute atomic E-state index is 0.0783. The number of rotatable bonds is 1. The second-order valence-electron chi connectivity index (χ2n) is 3.46. The number of likely N-dealkylation sites (N-methyl/N-ethyl adjacent to an activating group) is 1. The van der Waals surface area contributed by atoms with Gasteiger partial charge in [0, 0.05) is 13.1 Å². The van der Waals surface area contributed by atoms with Crippen molar-refractivity contribution in [1.82, 2.24) is 10.2 Å². The first-order valence-corrected chi connectivity index (χ1v) is 5.68. The lowest BCUT2D eigenvalue weighted by Gasteiger charge is -2.07. The summed E-state index contributed by atoms with van der Waals surface area (Å²) in [6.45, 7) is 1.85. The Morgan fingerprint density at radius 3 is 2.75 bits per heavy atom. The van der Waals surface area contributed by atoms with Gasteiger partial charge < -0.3 is 9.32 Å². The van der Waals surface area contributed by atoms with Crippen molar-refractivity contribution < 1.29 is 9.21 Å². The van der Waals surface area contributed by atoms with Crippen LogP contribution >= 0.6 is 22.6 Å². The summed E-state index contributed by atoms with van der Waals surface area (Å²) in [4.78, 5) is 13.0. The van der Waals surface area contributed by atoms with Crippen molar-refractivity contribution in [3.63, 3.8) is 0 Å². The summed E-state index contributed by atoms with van der Waals surface area (Å²) in [5.41, 5.74) is 0.414. The van der Waals surface area contributed by atoms with E-state index in [1.54, 1.807) is 13.1 Å². The zero-order valence-corrected chi connectivity index (χ0v) is 11.0. The molecule has 1 fully saturated rings. The van der Waals surface area contributed by atoms with E-state index in [1.807, 2.05) is 13.0 Å². The molecular weight excluding hydrogens is 321 g/mol. The smallest absolute Gasteiger partial charge is 0.274 e. The molecule has 1 saturated heterocycles. The SMILES string of the molecule is Cc1cc(I)c(/C=C2\C(=O)NC(=N)N2C)o1. The molecule has 1 aliphatic heterocycles. The van der Waals surface area contributed by atoms with E-state index >= 15 is 0 Å². The molecule has 1 aromatic heterocycles. The van der Waals surface area contributed by atoms with Crippen LogP contribution in [0.5, 0.6) is 0 Å². The number of furan rings is 1. The molecule has 1 amide bonds. The quantitative estimate of drug-likeness (QED) is 0.606. The molecule has 2 rings (SSSR count). The van der Waals surface area contributed by atoms with Crippen LogP contribution in [0.4, 0.5) is 0 Å². The van der Waals surface area contributed by atoms with Crippen molar-refractivity contribution in [1.29, 1.82) is 5.41 Å². The van der Waals surface area contributed by atoms with Gasteiger partial charge in [-0.15, -0.1) is 0 Å². The highest BCUT2D eigenvalue weighted by atomic mass is 127. The van der Waals surface area contributed by atoms with Gasteiger partial charge >= 0.3 is 0 Å². The normalized spacial score (nSPS) is 18.4. The highest BCUT2D eigenvalue weighted by Gasteiger charge is 2.27. The number of amides is 1. The second kappa shape index (κ2) is 3.93. The molecule has 0 atom stereocenters. The predicted octanol–water partition coefficient (Wildman–Crippen LogP) is 1.53. The van der Waals surface area contributed by atoms with Crippen molar-refractivity contribution >= 4 is 40.5 Å². The standard InChI is InChI=1S/C10H10IN3O2/c1-5-3-6(11)8(16-5)4-7-9(15)13-10(12)14(7)2/h3-4H,1-2H3,(H2,12,13,15)/b7-4+. The van der Waals surface area contributed by atoms with E-state index in [4.69, 9.17) is 9.83 Å². The fraction of sp³-hybridized carbons (Fsp3) is 0.200. The van der Waals surface area contributed by atoms with E-state index in [0.717, 1.165) is 9.33 Å². The minimum Gasteiger partial charge on any atom is -0.461 e. The Labute approximate surface area is 106 Å². The Balaban J connectivity index is 2.41. The molecule has 0 radical (unpaired) electrons. The van der Waals surface area contributed by atoms with Crippen molar-refractivity contribution in [3.05, 3.63) is 26.9 Å². The van der Waals surface area contributed by atoms with E-state index in [1.165, 1.54) is 4.90 Å². The lowest BCUT2D eigenvalue weighted by atomic mass is 10.3. The van der Waals surface area contributed by atoms with Crippen molar-refractivity contribution in [2.45, 2.75) is 6.92 Å². The van der Waals surface area contributed by atoms with Crippen LogP contribution in [-0.4, -0.2) is 23.8 Å². The van der Waals surface area contributed by atoms with E-state index in [0.29, 0.717) is 11.5 Å². The van der Waals surface area contributed by atoms with Crippen molar-refractivity contribution in [2.75, 3.05) is 7.05 Å². The summed E-state index contributed by atoms with van der Waals surface area (Å²) in [5, 5.41) is 9.88. The topological polar surface area (TPSA) is 69.3 Å². The van der Waals surface area contributed by atoms with Crippen LogP contribution in [0.1, 0.15) is 11.5 Å². The first-order chi connectivity index (χ1) is 7.49. The van der Waals surface area contributed by atoms with Crippen LogP contribution in [0.25, 0.3) is 6.08 Å². The Kier molecular flexibility index (Phi) is 2.75. The summed E-state index contributed by atoms with van der Waals surface area (Å²) in [5.74, 6) is 1.24. The minimum atomic E-state index is -0.280. The molecule has 0 saturated carbocycles. The average molecular weight is 331 g/mol. The van der Waals surface area contributed by atoms with Gasteiger partial charge in [-0.1, -0.05) is 0 Å². The fourth-order valence-corrected chi connectivity index (χ4v) is 2.12. The number of carbonyl (C=O) groups excluding carboxylic acids is 1. The first kappa shape index (κ1) is 11.2. The predicted molar refractivity (Wildman–Crippen MR) is 67.8 cm³/mol. The summed E-state index contributed by atoms with van der Waals surface area (Å²) in [6.07, 6.45) is 1.64. The Bertz CT molecular complexity index is 504. The van der Waals surface area contributed by atoms with Gasteiger partial charge in [0.2, 0.25) is 5.96 Å². The Morgan fingerprint density at radius 1 is 1.62 bits per heavy atom. The van der Waals surface area contributed by atoms with Gasteiger partial charge in [-0.05, 0) is 35.6 Å². The maximum absolute atomic E-state index is 11.5. The number of guanidine groups is 1. The van der Waals surface area contributed by atoms with E-state index in [-0.39, 0.29) is 11.9 Å². The second-order valence-corrected chi connectivity index (χ2v) is 4.62. The van der Waals surface area contributed by atoms with E-state index < -0.39 is 0 Å². The molecule has 0 unspecified atom stereocenters. The Hall–Kier alpha value is -1.31. The molecule has 0 bridgehead atoms. The van der Waals surface area contributed by atoms with Gasteiger partial charge in [0.25, 0.3) is 5.91 Å². The lowest BCUT2D eigenvalue weighted by molar-refractivity contribution is -0.115. The molecule has 1 aliphatic rings. The fourth-order valence-electron chi connectivity index (χ4n) is 1.41. The maximum Gasteiger partial charge on any atom is 0.274 e. The van der Waals surface area contributed by atoms with Gasteiger partial charge in [-0.3, -0.25) is 15.5 Å². The van der Waals surface area contributed by atoms with Gasteiger partial charge in [0.15, 0.2) is 0 Å². The van der Waals surface area contributed by atoms with E-state index in [2.05, 4.69) is 27.9 Å². The molecule has 1 aromatic rings. The van der Waals surface area contributed by atoms with Crippen molar-refractivity contribution in [3.8, 4) is 0 Å². The number of nitrogens with zero attached hydrogens (tertiary/aromatic N) is 1. The third kappa shape index (κ3) is 1.84. The molecule has 2 N–H and O–H groups in total. The van der Waals surface area contributed by atoms with Crippen LogP contribution in [0.3, 0.4) is 0 Å². The Morgan fingerprint density at radius 2 is 2.31 bits per heavy atom. The van der Waals surface area contributed by atoms with Gasteiger partial charge in [0.05, 0.1) is 3.57 Å². The molecular formula is C10H10IN3O2. The maximum atomic E-state index is 11.5. The number of carbonyl (C=O) groups is 1. The van der Waals surface area contributed by atoms with Gasteiger partial charge in [-0.25, -0.2) is 0 Å². The highest BCUT2D eigenvalue weighted by Crippen LogP contribution is 2.22. The number of nitrogens with one attached hydrogen (secondary N) is 2. The lowest BCUT2D eigenvalue weighted by Crippen LogP contribution is -2.25. The summed E-state index contributed by atoms with van der Waals surface area (Å²) >= 11 is 2.14. The zero-order chi connectivity index (χ0) is 11.9. The number of hydrogen-bond donors (Lipinski definition) is 2. The average Bonchev–Trinajstić information content (AvgIpc) is 2.62. The largest absolute Gasteiger partial charge is 0.461 e. The summed E-state index contributed by atoms with van der Waals surface area (Å²) < 4.78 is 6.39. The van der Waals surface area contributed by atoms with E-state index in [9.17, 15) is 4.79 Å². The molecule has 16 heavy (non-hydrogen) atoms. The molecule has 0 aliphatic carbocycles. The third-order valence-corrected chi connectivity index (χ3v) is 3.11. The number of hydrogen-bond acceptors (Lipinski definition) is 3. The molecule has 84 valence electrons. The van der Waals surface area contributed by atoms with Crippen LogP contribution in [0.2, 0.25) is 0 Å². The molecule has 6 heteroatoms. The zero-order valence-electron chi connectivity index (χ0n) is 8.80. The van der Waals surface area contributed by atoms with Crippen LogP contribution in [0.15, 0.2) is 16.2 Å². The molecule has 5 nitrogen and oxygen atoms in total. The first-order valence-electron chi connectivity index (χ1n) is 4.60. The summed E-state index contributed by atoms with van der Waals surface area (Å²) in [6, 6.07) is 1.89. The van der Waals surface area contributed by atoms with Crippen LogP contribution in [0, 0.1) is 15.9 Å². The van der Waals surface area contributed by atoms with Crippen molar-refractivity contribution in [2.24, 2.45) is 0 Å². The monoisotopic (exact) mass is 331 g/mol. The summed E-state index contributed by atoms with van der Waals surface area (Å²) in [7, 11) is 1.66. The third-order valence-electron chi connectivity index (χ3n) is 2.27.